The lowest BCUT2D eigenvalue weighted by Gasteiger charge is -2.13. The molecule has 0 saturated heterocycles. The molecule has 0 aliphatic rings. The number of phenolic OH excluding ortho intramolecular Hbond substituents is 1. The number of hydrogen-bond acceptors (Lipinski definition) is 5. The maximum absolute atomic E-state index is 12.5. The van der Waals surface area contributed by atoms with Gasteiger partial charge in [0.15, 0.2) is 17.3 Å². The molecule has 0 unspecified atom stereocenters. The van der Waals surface area contributed by atoms with E-state index in [-0.39, 0.29) is 16.9 Å². The second-order valence-electron chi connectivity index (χ2n) is 6.54. The Hall–Kier alpha value is -2.14. The van der Waals surface area contributed by atoms with E-state index in [0.717, 1.165) is 16.3 Å². The van der Waals surface area contributed by atoms with Crippen molar-refractivity contribution in [1.82, 2.24) is 4.98 Å². The van der Waals surface area contributed by atoms with E-state index in [1.807, 2.05) is 13.8 Å². The van der Waals surface area contributed by atoms with Crippen LogP contribution in [0.4, 0.5) is 0 Å². The van der Waals surface area contributed by atoms with E-state index < -0.39 is 0 Å². The van der Waals surface area contributed by atoms with Gasteiger partial charge in [0, 0.05) is 5.41 Å². The summed E-state index contributed by atoms with van der Waals surface area (Å²) in [7, 11) is 0. The molecule has 128 valence electrons. The van der Waals surface area contributed by atoms with Crippen molar-refractivity contribution in [1.29, 1.82) is 0 Å². The fourth-order valence-corrected chi connectivity index (χ4v) is 3.14. The molecule has 2 aromatic rings. The first-order valence-corrected chi connectivity index (χ1v) is 8.70. The number of phenols is 1. The van der Waals surface area contributed by atoms with E-state index in [9.17, 15) is 9.90 Å². The zero-order valence-corrected chi connectivity index (χ0v) is 15.5. The average molecular weight is 345 g/mol. The quantitative estimate of drug-likeness (QED) is 0.627. The fourth-order valence-electron chi connectivity index (χ4n) is 2.10. The summed E-state index contributed by atoms with van der Waals surface area (Å²) >= 11 is 1.45. The second kappa shape index (κ2) is 7.18. The number of hydrogen-bond donors (Lipinski definition) is 1. The molecule has 24 heavy (non-hydrogen) atoms. The minimum absolute atomic E-state index is 0.0634. The lowest BCUT2D eigenvalue weighted by molar-refractivity contribution is 0.105. The van der Waals surface area contributed by atoms with Crippen LogP contribution in [0.15, 0.2) is 24.3 Å². The molecule has 0 amide bonds. The van der Waals surface area contributed by atoms with Crippen LogP contribution in [0.2, 0.25) is 0 Å². The van der Waals surface area contributed by atoms with Gasteiger partial charge in [-0.15, -0.1) is 11.3 Å². The third-order valence-electron chi connectivity index (χ3n) is 3.37. The van der Waals surface area contributed by atoms with Crippen molar-refractivity contribution in [2.75, 3.05) is 6.61 Å². The first-order valence-electron chi connectivity index (χ1n) is 7.88. The Labute approximate surface area is 146 Å². The fraction of sp³-hybridized carbons (Fsp3) is 0.368. The summed E-state index contributed by atoms with van der Waals surface area (Å²) in [6.45, 7) is 10.4. The molecule has 0 bridgehead atoms. The highest BCUT2D eigenvalue weighted by atomic mass is 32.1. The molecular formula is C19H23NO3S. The van der Waals surface area contributed by atoms with Crippen LogP contribution in [0.1, 0.15) is 53.6 Å². The number of aromatic hydroxyl groups is 1. The number of rotatable bonds is 5. The van der Waals surface area contributed by atoms with Crippen LogP contribution in [0, 0.1) is 6.92 Å². The van der Waals surface area contributed by atoms with Gasteiger partial charge < -0.3 is 9.84 Å². The van der Waals surface area contributed by atoms with Gasteiger partial charge in [-0.05, 0) is 37.6 Å². The zero-order chi connectivity index (χ0) is 17.9. The highest BCUT2D eigenvalue weighted by Crippen LogP contribution is 2.30. The summed E-state index contributed by atoms with van der Waals surface area (Å²) in [5, 5.41) is 10.7. The van der Waals surface area contributed by atoms with E-state index >= 15 is 0 Å². The summed E-state index contributed by atoms with van der Waals surface area (Å²) in [5.74, 6) is 0.441. The number of thiazole rings is 1. The van der Waals surface area contributed by atoms with Gasteiger partial charge in [-0.1, -0.05) is 32.9 Å². The Morgan fingerprint density at radius 1 is 1.38 bits per heavy atom. The monoisotopic (exact) mass is 345 g/mol. The van der Waals surface area contributed by atoms with Crippen LogP contribution in [0.3, 0.4) is 0 Å². The molecule has 4 nitrogen and oxygen atoms in total. The lowest BCUT2D eigenvalue weighted by atomic mass is 9.98. The number of allylic oxidation sites excluding steroid dienone is 1. The third-order valence-corrected chi connectivity index (χ3v) is 4.97. The van der Waals surface area contributed by atoms with Gasteiger partial charge in [0.1, 0.15) is 0 Å². The minimum atomic E-state index is -0.0684. The molecule has 1 aromatic heterocycles. The molecule has 0 aliphatic carbocycles. The Morgan fingerprint density at radius 2 is 2.08 bits per heavy atom. The molecule has 0 radical (unpaired) electrons. The molecule has 0 fully saturated rings. The number of ether oxygens (including phenoxy) is 1. The van der Waals surface area contributed by atoms with Crippen molar-refractivity contribution in [3.05, 3.63) is 45.4 Å². The Bertz CT molecular complexity index is 769. The zero-order valence-electron chi connectivity index (χ0n) is 14.7. The van der Waals surface area contributed by atoms with Crippen molar-refractivity contribution in [2.45, 2.75) is 40.0 Å². The minimum Gasteiger partial charge on any atom is -0.504 e. The SMILES string of the molecule is CCOc1cc(C=CC(=O)c2sc(C(C)(C)C)nc2C)ccc1O. The highest BCUT2D eigenvalue weighted by molar-refractivity contribution is 7.14. The van der Waals surface area contributed by atoms with Gasteiger partial charge in [0.2, 0.25) is 0 Å². The van der Waals surface area contributed by atoms with Gasteiger partial charge in [-0.3, -0.25) is 4.79 Å². The number of carbonyl (C=O) groups is 1. The van der Waals surface area contributed by atoms with E-state index in [0.29, 0.717) is 17.2 Å². The lowest BCUT2D eigenvalue weighted by Crippen LogP contribution is -2.10. The molecule has 0 spiro atoms. The van der Waals surface area contributed by atoms with Crippen LogP contribution in [0.5, 0.6) is 11.5 Å². The van der Waals surface area contributed by atoms with E-state index in [4.69, 9.17) is 4.74 Å². The van der Waals surface area contributed by atoms with E-state index in [1.165, 1.54) is 17.4 Å². The summed E-state index contributed by atoms with van der Waals surface area (Å²) in [6.07, 6.45) is 3.26. The molecule has 2 rings (SSSR count). The van der Waals surface area contributed by atoms with E-state index in [2.05, 4.69) is 25.8 Å². The Kier molecular flexibility index (Phi) is 5.44. The average Bonchev–Trinajstić information content (AvgIpc) is 2.90. The van der Waals surface area contributed by atoms with Crippen LogP contribution >= 0.6 is 11.3 Å². The highest BCUT2D eigenvalue weighted by Gasteiger charge is 2.22. The number of carbonyl (C=O) groups excluding carboxylic acids is 1. The van der Waals surface area contributed by atoms with Crippen LogP contribution < -0.4 is 4.74 Å². The molecule has 1 heterocycles. The molecule has 1 N–H and O–H groups in total. The second-order valence-corrected chi connectivity index (χ2v) is 7.54. The standard InChI is InChI=1S/C19H23NO3S/c1-6-23-16-11-13(7-9-14(16)21)8-10-15(22)17-12(2)20-18(24-17)19(3,4)5/h7-11,21H,6H2,1-5H3. The molecule has 0 aliphatic heterocycles. The topological polar surface area (TPSA) is 59.4 Å². The molecular weight excluding hydrogens is 322 g/mol. The van der Waals surface area contributed by atoms with Crippen molar-refractivity contribution < 1.29 is 14.6 Å². The van der Waals surface area contributed by atoms with Gasteiger partial charge >= 0.3 is 0 Å². The molecule has 5 heteroatoms. The van der Waals surface area contributed by atoms with Crippen molar-refractivity contribution in [2.24, 2.45) is 0 Å². The first-order chi connectivity index (χ1) is 11.2. The summed E-state index contributed by atoms with van der Waals surface area (Å²) in [4.78, 5) is 17.6. The predicted molar refractivity (Wildman–Crippen MR) is 98.2 cm³/mol. The molecule has 0 saturated carbocycles. The number of benzene rings is 1. The molecule has 1 aromatic carbocycles. The van der Waals surface area contributed by atoms with Crippen molar-refractivity contribution >= 4 is 23.2 Å². The van der Waals surface area contributed by atoms with Gasteiger partial charge in [0.05, 0.1) is 22.2 Å². The van der Waals surface area contributed by atoms with Crippen molar-refractivity contribution in [3.8, 4) is 11.5 Å². The first kappa shape index (κ1) is 18.2. The summed E-state index contributed by atoms with van der Waals surface area (Å²) in [6, 6.07) is 5.01. The van der Waals surface area contributed by atoms with Crippen LogP contribution in [-0.4, -0.2) is 22.5 Å². The van der Waals surface area contributed by atoms with Gasteiger partial charge in [-0.25, -0.2) is 4.98 Å². The normalized spacial score (nSPS) is 11.9. The largest absolute Gasteiger partial charge is 0.504 e. The van der Waals surface area contributed by atoms with Crippen molar-refractivity contribution in [3.63, 3.8) is 0 Å². The maximum atomic E-state index is 12.5. The van der Waals surface area contributed by atoms with Gasteiger partial charge in [-0.2, -0.15) is 0 Å². The summed E-state index contributed by atoms with van der Waals surface area (Å²) in [5.41, 5.74) is 1.49. The number of aromatic nitrogens is 1. The number of nitrogens with zero attached hydrogens (tertiary/aromatic N) is 1. The van der Waals surface area contributed by atoms with Crippen LogP contribution in [0.25, 0.3) is 6.08 Å². The Balaban J connectivity index is 2.22. The smallest absolute Gasteiger partial charge is 0.197 e. The predicted octanol–water partition coefficient (Wildman–Crippen LogP) is 4.75. The number of ketones is 1. The number of aryl methyl sites for hydroxylation is 1. The molecule has 0 atom stereocenters. The maximum Gasteiger partial charge on any atom is 0.197 e. The summed E-state index contributed by atoms with van der Waals surface area (Å²) < 4.78 is 5.35. The van der Waals surface area contributed by atoms with Gasteiger partial charge in [0.25, 0.3) is 0 Å². The van der Waals surface area contributed by atoms with E-state index in [1.54, 1.807) is 24.3 Å². The van der Waals surface area contributed by atoms with Crippen LogP contribution in [-0.2, 0) is 5.41 Å². The third kappa shape index (κ3) is 4.23. The Morgan fingerprint density at radius 3 is 2.67 bits per heavy atom.